The van der Waals surface area contributed by atoms with Gasteiger partial charge in [0.25, 0.3) is 5.91 Å². The minimum absolute atomic E-state index is 0.104. The van der Waals surface area contributed by atoms with Crippen molar-refractivity contribution >= 4 is 17.3 Å². The fourth-order valence-corrected chi connectivity index (χ4v) is 4.27. The Balaban J connectivity index is 1.45. The lowest BCUT2D eigenvalue weighted by atomic mass is 9.97. The molecular weight excluding hydrogens is 453 g/mol. The fraction of sp³-hybridized carbons (Fsp3) is 0.207. The number of nitrogens with zero attached hydrogens (tertiary/aromatic N) is 3. The van der Waals surface area contributed by atoms with Gasteiger partial charge in [-0.3, -0.25) is 4.79 Å². The summed E-state index contributed by atoms with van der Waals surface area (Å²) in [4.78, 5) is 16.7. The second-order valence-electron chi connectivity index (χ2n) is 9.07. The Morgan fingerprint density at radius 3 is 2.64 bits per heavy atom. The summed E-state index contributed by atoms with van der Waals surface area (Å²) in [7, 11) is 0. The van der Waals surface area contributed by atoms with Crippen LogP contribution < -0.4 is 10.6 Å². The molecule has 0 spiro atoms. The number of rotatable bonds is 8. The molecule has 0 aliphatic heterocycles. The molecule has 1 fully saturated rings. The number of carbonyl (C=O) groups excluding carboxylic acids is 1. The molecule has 1 atom stereocenters. The second-order valence-corrected chi connectivity index (χ2v) is 9.07. The number of anilines is 1. The molecule has 1 aliphatic rings. The second kappa shape index (κ2) is 10.1. The molecule has 36 heavy (non-hydrogen) atoms. The third-order valence-corrected chi connectivity index (χ3v) is 6.30. The van der Waals surface area contributed by atoms with E-state index in [4.69, 9.17) is 6.57 Å². The third-order valence-electron chi connectivity index (χ3n) is 6.30. The van der Waals surface area contributed by atoms with Crippen LogP contribution in [-0.2, 0) is 0 Å². The van der Waals surface area contributed by atoms with E-state index in [2.05, 4.69) is 20.6 Å². The number of benzene rings is 3. The van der Waals surface area contributed by atoms with E-state index >= 15 is 4.39 Å². The number of hydrogen-bond donors (Lipinski definition) is 2. The van der Waals surface area contributed by atoms with Crippen LogP contribution >= 0.6 is 0 Å². The number of aryl methyl sites for hydroxylation is 1. The van der Waals surface area contributed by atoms with Crippen molar-refractivity contribution in [2.45, 2.75) is 25.8 Å². The molecule has 1 heterocycles. The first-order valence-electron chi connectivity index (χ1n) is 12.0. The van der Waals surface area contributed by atoms with Crippen LogP contribution in [-0.4, -0.2) is 22.2 Å². The molecule has 5 rings (SSSR count). The first kappa shape index (κ1) is 23.5. The Morgan fingerprint density at radius 2 is 1.89 bits per heavy atom. The van der Waals surface area contributed by atoms with E-state index in [1.807, 2.05) is 30.3 Å². The van der Waals surface area contributed by atoms with E-state index in [1.165, 1.54) is 17.5 Å². The van der Waals surface area contributed by atoms with Crippen LogP contribution in [0.1, 0.15) is 46.2 Å². The van der Waals surface area contributed by atoms with Crippen LogP contribution in [0.25, 0.3) is 10.5 Å². The largest absolute Gasteiger partial charge is 0.318 e. The van der Waals surface area contributed by atoms with Gasteiger partial charge in [0.1, 0.15) is 5.69 Å². The maximum absolute atomic E-state index is 15.8. The highest BCUT2D eigenvalue weighted by Crippen LogP contribution is 2.32. The molecule has 0 bridgehead atoms. The van der Waals surface area contributed by atoms with Crippen molar-refractivity contribution in [3.63, 3.8) is 0 Å². The summed E-state index contributed by atoms with van der Waals surface area (Å²) >= 11 is 0. The van der Waals surface area contributed by atoms with Crippen molar-refractivity contribution in [3.8, 4) is 5.69 Å². The van der Waals surface area contributed by atoms with E-state index in [0.29, 0.717) is 28.6 Å². The molecule has 1 saturated carbocycles. The molecule has 1 unspecified atom stereocenters. The number of nitrogens with one attached hydrogen (secondary N) is 2. The van der Waals surface area contributed by atoms with Crippen LogP contribution in [0, 0.1) is 25.2 Å². The quantitative estimate of drug-likeness (QED) is 0.295. The minimum atomic E-state index is -0.484. The smallest absolute Gasteiger partial charge is 0.274 e. The molecule has 1 aliphatic carbocycles. The third kappa shape index (κ3) is 5.04. The average molecular weight is 480 g/mol. The summed E-state index contributed by atoms with van der Waals surface area (Å²) < 4.78 is 17.3. The SMILES string of the molecule is [C-]#[N+]c1cccc(-n2nc(C)cc2C(=O)Nc2cccc(C(NCC3CC3)c3ccccc3)c2F)c1. The Kier molecular flexibility index (Phi) is 6.61. The van der Waals surface area contributed by atoms with Crippen LogP contribution in [0.5, 0.6) is 0 Å². The van der Waals surface area contributed by atoms with Crippen molar-refractivity contribution in [1.29, 1.82) is 0 Å². The lowest BCUT2D eigenvalue weighted by molar-refractivity contribution is 0.101. The zero-order valence-corrected chi connectivity index (χ0v) is 19.9. The first-order chi connectivity index (χ1) is 17.5. The Morgan fingerprint density at radius 1 is 1.11 bits per heavy atom. The van der Waals surface area contributed by atoms with Gasteiger partial charge in [0, 0.05) is 5.56 Å². The standard InChI is InChI=1S/C29H26FN5O/c1-19-16-26(35(34-19)23-11-6-10-22(17-23)31-2)29(36)33-25-13-7-12-24(27(25)30)28(32-18-20-14-15-20)21-8-4-3-5-9-21/h3-13,16-17,20,28,32H,14-15,18H2,1H3,(H,33,36). The van der Waals surface area contributed by atoms with Crippen molar-refractivity contribution in [2.24, 2.45) is 5.92 Å². The van der Waals surface area contributed by atoms with Gasteiger partial charge >= 0.3 is 0 Å². The lowest BCUT2D eigenvalue weighted by Gasteiger charge is -2.21. The molecule has 2 N–H and O–H groups in total. The average Bonchev–Trinajstić information content (AvgIpc) is 3.65. The molecule has 1 amide bonds. The van der Waals surface area contributed by atoms with Gasteiger partial charge < -0.3 is 10.6 Å². The number of hydrogen-bond acceptors (Lipinski definition) is 3. The van der Waals surface area contributed by atoms with Crippen molar-refractivity contribution in [1.82, 2.24) is 15.1 Å². The summed E-state index contributed by atoms with van der Waals surface area (Å²) in [6.45, 7) is 9.86. The Bertz CT molecular complexity index is 1440. The van der Waals surface area contributed by atoms with Gasteiger partial charge in [-0.05, 0) is 62.1 Å². The normalized spacial score (nSPS) is 13.7. The molecule has 3 aromatic carbocycles. The summed E-state index contributed by atoms with van der Waals surface area (Å²) in [6.07, 6.45) is 2.39. The zero-order valence-electron chi connectivity index (χ0n) is 19.9. The van der Waals surface area contributed by atoms with Gasteiger partial charge in [-0.1, -0.05) is 54.6 Å². The van der Waals surface area contributed by atoms with Crippen molar-refractivity contribution in [2.75, 3.05) is 11.9 Å². The Labute approximate surface area is 209 Å². The predicted molar refractivity (Wildman–Crippen MR) is 138 cm³/mol. The highest BCUT2D eigenvalue weighted by molar-refractivity contribution is 6.03. The highest BCUT2D eigenvalue weighted by Gasteiger charge is 2.26. The maximum Gasteiger partial charge on any atom is 0.274 e. The predicted octanol–water partition coefficient (Wildman–Crippen LogP) is 6.21. The van der Waals surface area contributed by atoms with Crippen molar-refractivity contribution < 1.29 is 9.18 Å². The topological polar surface area (TPSA) is 63.3 Å². The van der Waals surface area contributed by atoms with E-state index in [1.54, 1.807) is 55.5 Å². The number of amides is 1. The number of aromatic nitrogens is 2. The molecule has 1 aromatic heterocycles. The monoisotopic (exact) mass is 479 g/mol. The number of halogens is 1. The summed E-state index contributed by atoms with van der Waals surface area (Å²) in [5.41, 5.74) is 3.47. The highest BCUT2D eigenvalue weighted by atomic mass is 19.1. The summed E-state index contributed by atoms with van der Waals surface area (Å²) in [5.74, 6) is -0.324. The van der Waals surface area contributed by atoms with Gasteiger partial charge in [0.2, 0.25) is 0 Å². The van der Waals surface area contributed by atoms with E-state index in [-0.39, 0.29) is 17.4 Å². The molecular formula is C29H26FN5O. The number of carbonyl (C=O) groups is 1. The minimum Gasteiger partial charge on any atom is -0.318 e. The van der Waals surface area contributed by atoms with E-state index in [0.717, 1.165) is 12.1 Å². The maximum atomic E-state index is 15.8. The molecule has 0 radical (unpaired) electrons. The zero-order chi connectivity index (χ0) is 25.1. The molecule has 4 aromatic rings. The van der Waals surface area contributed by atoms with Crippen LogP contribution in [0.3, 0.4) is 0 Å². The summed E-state index contributed by atoms with van der Waals surface area (Å²) in [5, 5.41) is 10.7. The summed E-state index contributed by atoms with van der Waals surface area (Å²) in [6, 6.07) is 23.0. The first-order valence-corrected chi connectivity index (χ1v) is 12.0. The van der Waals surface area contributed by atoms with E-state index < -0.39 is 11.7 Å². The lowest BCUT2D eigenvalue weighted by Crippen LogP contribution is -2.26. The van der Waals surface area contributed by atoms with Gasteiger partial charge in [-0.2, -0.15) is 5.10 Å². The van der Waals surface area contributed by atoms with E-state index in [9.17, 15) is 4.79 Å². The van der Waals surface area contributed by atoms with Gasteiger partial charge in [-0.15, -0.1) is 0 Å². The molecule has 180 valence electrons. The fourth-order valence-electron chi connectivity index (χ4n) is 4.27. The van der Waals surface area contributed by atoms with Crippen LogP contribution in [0.4, 0.5) is 15.8 Å². The van der Waals surface area contributed by atoms with Crippen LogP contribution in [0.15, 0.2) is 78.9 Å². The molecule has 7 heteroatoms. The molecule has 6 nitrogen and oxygen atoms in total. The van der Waals surface area contributed by atoms with Crippen molar-refractivity contribution in [3.05, 3.63) is 119 Å². The van der Waals surface area contributed by atoms with Crippen LogP contribution in [0.2, 0.25) is 0 Å². The Hall–Kier alpha value is -4.28. The van der Waals surface area contributed by atoms with Gasteiger partial charge in [0.15, 0.2) is 11.5 Å². The van der Waals surface area contributed by atoms with Gasteiger partial charge in [0.05, 0.1) is 29.7 Å². The molecule has 0 saturated heterocycles. The van der Waals surface area contributed by atoms with Gasteiger partial charge in [-0.25, -0.2) is 13.9 Å².